The molecule has 0 N–H and O–H groups in total. The van der Waals surface area contributed by atoms with E-state index in [1.807, 2.05) is 0 Å². The maximum Gasteiger partial charge on any atom is 0.0108 e. The summed E-state index contributed by atoms with van der Waals surface area (Å²) in [7, 11) is 2.37. The van der Waals surface area contributed by atoms with Gasteiger partial charge in [-0.25, -0.2) is 0 Å². The van der Waals surface area contributed by atoms with Crippen LogP contribution >= 0.6 is 0 Å². The van der Waals surface area contributed by atoms with Crippen LogP contribution in [-0.2, 0) is 0 Å². The third-order valence-corrected chi connectivity index (χ3v) is 5.50. The molecular weight excluding hydrogens is 208 g/mol. The first-order chi connectivity index (χ1) is 8.12. The minimum absolute atomic E-state index is 0.753. The van der Waals surface area contributed by atoms with E-state index in [1.165, 1.54) is 51.7 Å². The lowest BCUT2D eigenvalue weighted by Crippen LogP contribution is -2.67. The predicted octanol–water partition coefficient (Wildman–Crippen LogP) is 2.59. The van der Waals surface area contributed by atoms with Gasteiger partial charge in [0.25, 0.3) is 0 Å². The lowest BCUT2D eigenvalue weighted by atomic mass is 9.59. The van der Waals surface area contributed by atoms with Crippen LogP contribution in [0.3, 0.4) is 0 Å². The molecule has 0 aromatic carbocycles. The minimum atomic E-state index is 0.753. The van der Waals surface area contributed by atoms with Gasteiger partial charge in [-0.05, 0) is 57.0 Å². The highest BCUT2D eigenvalue weighted by atomic mass is 15.2. The summed E-state index contributed by atoms with van der Waals surface area (Å²) in [6.07, 6.45) is 7.17. The van der Waals surface area contributed by atoms with E-state index in [2.05, 4.69) is 30.7 Å². The van der Waals surface area contributed by atoms with Crippen molar-refractivity contribution in [2.75, 3.05) is 26.7 Å². The van der Waals surface area contributed by atoms with Crippen LogP contribution in [0.15, 0.2) is 0 Å². The first kappa shape index (κ1) is 12.0. The second-order valence-electron chi connectivity index (χ2n) is 7.17. The van der Waals surface area contributed by atoms with Crippen LogP contribution in [-0.4, -0.2) is 48.6 Å². The van der Waals surface area contributed by atoms with Crippen molar-refractivity contribution < 1.29 is 0 Å². The zero-order chi connectivity index (χ0) is 12.0. The molecular formula is C15H28N2. The van der Waals surface area contributed by atoms with Crippen LogP contribution in [0.2, 0.25) is 0 Å². The average molecular weight is 236 g/mol. The lowest BCUT2D eigenvalue weighted by molar-refractivity contribution is -0.119. The van der Waals surface area contributed by atoms with E-state index in [4.69, 9.17) is 0 Å². The fraction of sp³-hybridized carbons (Fsp3) is 1.00. The number of hydrogen-bond acceptors (Lipinski definition) is 2. The van der Waals surface area contributed by atoms with Gasteiger partial charge in [0.1, 0.15) is 0 Å². The molecule has 0 amide bonds. The molecule has 3 fully saturated rings. The average Bonchev–Trinajstić information content (AvgIpc) is 2.14. The van der Waals surface area contributed by atoms with Gasteiger partial charge in [0.2, 0.25) is 0 Å². The van der Waals surface area contributed by atoms with Crippen molar-refractivity contribution in [2.45, 2.75) is 58.0 Å². The molecule has 0 bridgehead atoms. The number of nitrogens with zero attached hydrogens (tertiary/aromatic N) is 2. The second kappa shape index (κ2) is 4.24. The van der Waals surface area contributed by atoms with Gasteiger partial charge >= 0.3 is 0 Å². The predicted molar refractivity (Wildman–Crippen MR) is 72.1 cm³/mol. The molecule has 2 saturated carbocycles. The van der Waals surface area contributed by atoms with Crippen LogP contribution in [0.1, 0.15) is 46.0 Å². The summed E-state index contributed by atoms with van der Waals surface area (Å²) in [6.45, 7) is 8.79. The van der Waals surface area contributed by atoms with E-state index in [-0.39, 0.29) is 0 Å². The molecule has 0 aromatic rings. The Morgan fingerprint density at radius 3 is 2.35 bits per heavy atom. The zero-order valence-corrected chi connectivity index (χ0v) is 11.8. The Labute approximate surface area is 106 Å². The van der Waals surface area contributed by atoms with Gasteiger partial charge in [0.05, 0.1) is 0 Å². The third-order valence-electron chi connectivity index (χ3n) is 5.50. The van der Waals surface area contributed by atoms with Crippen molar-refractivity contribution >= 4 is 0 Å². The minimum Gasteiger partial charge on any atom is -0.302 e. The van der Waals surface area contributed by atoms with Gasteiger partial charge in [-0.3, -0.25) is 0 Å². The summed E-state index contributed by atoms with van der Waals surface area (Å²) in [5, 5.41) is 0. The highest BCUT2D eigenvalue weighted by molar-refractivity contribution is 5.08. The molecule has 98 valence electrons. The normalized spacial score (nSPS) is 36.7. The Morgan fingerprint density at radius 1 is 1.18 bits per heavy atom. The lowest BCUT2D eigenvalue weighted by Gasteiger charge is -2.62. The first-order valence-corrected chi connectivity index (χ1v) is 7.56. The van der Waals surface area contributed by atoms with E-state index in [1.54, 1.807) is 0 Å². The summed E-state index contributed by atoms with van der Waals surface area (Å²) in [5.41, 5.74) is 0.753. The van der Waals surface area contributed by atoms with E-state index in [0.717, 1.165) is 23.4 Å². The number of rotatable bonds is 4. The SMILES string of the molecule is CCCN1CC2(CC(N(C)C3CC(C)C3)C2)C1. The number of hydrogen-bond donors (Lipinski definition) is 0. The van der Waals surface area contributed by atoms with E-state index in [0.29, 0.717) is 0 Å². The van der Waals surface area contributed by atoms with E-state index in [9.17, 15) is 0 Å². The molecule has 1 spiro atoms. The molecule has 0 aromatic heterocycles. The topological polar surface area (TPSA) is 6.48 Å². The Morgan fingerprint density at radius 2 is 1.82 bits per heavy atom. The molecule has 1 heterocycles. The molecule has 1 aliphatic heterocycles. The Kier molecular flexibility index (Phi) is 2.99. The smallest absolute Gasteiger partial charge is 0.0108 e. The van der Waals surface area contributed by atoms with Crippen LogP contribution < -0.4 is 0 Å². The standard InChI is InChI=1S/C15H28N2/c1-4-5-17-10-15(11-17)8-14(9-15)16(3)13-6-12(2)7-13/h12-14H,4-11H2,1-3H3. The third kappa shape index (κ3) is 2.04. The van der Waals surface area contributed by atoms with Crippen molar-refractivity contribution in [3.63, 3.8) is 0 Å². The van der Waals surface area contributed by atoms with Crippen molar-refractivity contribution in [1.82, 2.24) is 9.80 Å². The number of likely N-dealkylation sites (tertiary alicyclic amines) is 1. The molecule has 0 atom stereocenters. The highest BCUT2D eigenvalue weighted by Gasteiger charge is 2.53. The van der Waals surface area contributed by atoms with Crippen molar-refractivity contribution in [1.29, 1.82) is 0 Å². The van der Waals surface area contributed by atoms with Gasteiger partial charge in [-0.1, -0.05) is 13.8 Å². The summed E-state index contributed by atoms with van der Waals surface area (Å²) in [5.74, 6) is 0.986. The van der Waals surface area contributed by atoms with Crippen LogP contribution in [0, 0.1) is 11.3 Å². The van der Waals surface area contributed by atoms with Gasteiger partial charge in [-0.15, -0.1) is 0 Å². The van der Waals surface area contributed by atoms with Gasteiger partial charge in [-0.2, -0.15) is 0 Å². The first-order valence-electron chi connectivity index (χ1n) is 7.56. The van der Waals surface area contributed by atoms with Crippen molar-refractivity contribution in [2.24, 2.45) is 11.3 Å². The van der Waals surface area contributed by atoms with Crippen LogP contribution in [0.4, 0.5) is 0 Å². The van der Waals surface area contributed by atoms with Crippen molar-refractivity contribution in [3.8, 4) is 0 Å². The molecule has 3 rings (SSSR count). The highest BCUT2D eigenvalue weighted by Crippen LogP contribution is 2.51. The molecule has 2 nitrogen and oxygen atoms in total. The van der Waals surface area contributed by atoms with Crippen LogP contribution in [0.25, 0.3) is 0 Å². The zero-order valence-electron chi connectivity index (χ0n) is 11.8. The maximum atomic E-state index is 2.70. The maximum absolute atomic E-state index is 2.70. The van der Waals surface area contributed by atoms with Crippen LogP contribution in [0.5, 0.6) is 0 Å². The van der Waals surface area contributed by atoms with E-state index < -0.39 is 0 Å². The molecule has 1 saturated heterocycles. The fourth-order valence-corrected chi connectivity index (χ4v) is 4.35. The summed E-state index contributed by atoms with van der Waals surface area (Å²) in [6, 6.07) is 1.83. The molecule has 17 heavy (non-hydrogen) atoms. The Bertz CT molecular complexity index is 269. The van der Waals surface area contributed by atoms with E-state index >= 15 is 0 Å². The molecule has 0 unspecified atom stereocenters. The summed E-state index contributed by atoms with van der Waals surface area (Å²) in [4.78, 5) is 5.34. The molecule has 3 aliphatic rings. The fourth-order valence-electron chi connectivity index (χ4n) is 4.35. The van der Waals surface area contributed by atoms with Gasteiger partial charge in [0.15, 0.2) is 0 Å². The second-order valence-corrected chi connectivity index (χ2v) is 7.17. The van der Waals surface area contributed by atoms with Crippen molar-refractivity contribution in [3.05, 3.63) is 0 Å². The quantitative estimate of drug-likeness (QED) is 0.740. The van der Waals surface area contributed by atoms with Gasteiger partial charge in [0, 0.05) is 25.2 Å². The Hall–Kier alpha value is -0.0800. The largest absolute Gasteiger partial charge is 0.302 e. The Balaban J connectivity index is 1.40. The molecule has 0 radical (unpaired) electrons. The monoisotopic (exact) mass is 236 g/mol. The molecule has 2 aliphatic carbocycles. The van der Waals surface area contributed by atoms with Gasteiger partial charge < -0.3 is 9.80 Å². The summed E-state index contributed by atoms with van der Waals surface area (Å²) >= 11 is 0. The summed E-state index contributed by atoms with van der Waals surface area (Å²) < 4.78 is 0. The molecule has 2 heteroatoms.